The summed E-state index contributed by atoms with van der Waals surface area (Å²) in [4.78, 5) is 5.17. The monoisotopic (exact) mass is 330 g/mol. The molecule has 2 aliphatic heterocycles. The summed E-state index contributed by atoms with van der Waals surface area (Å²) in [6.07, 6.45) is 4.89. The minimum atomic E-state index is -0.364. The minimum absolute atomic E-state index is 0.364. The second kappa shape index (κ2) is 7.99. The van der Waals surface area contributed by atoms with Crippen LogP contribution in [0.3, 0.4) is 0 Å². The van der Waals surface area contributed by atoms with E-state index in [0.717, 1.165) is 37.2 Å². The standard InChI is InChI=1S/C21H34N2O/c1-16-6-12-23(13-7-16)19-8-10-22(11-9-19)15-21(24)20-14-17(2)4-5-18(20)3/h4-5,14,16,19,21,24H,6-13,15H2,1-3H3/t21-/m0/s1. The van der Waals surface area contributed by atoms with Crippen molar-refractivity contribution < 1.29 is 5.11 Å². The first kappa shape index (κ1) is 17.9. The molecule has 24 heavy (non-hydrogen) atoms. The lowest BCUT2D eigenvalue weighted by molar-refractivity contribution is 0.0540. The highest BCUT2D eigenvalue weighted by Crippen LogP contribution is 2.25. The maximum absolute atomic E-state index is 10.7. The van der Waals surface area contributed by atoms with Gasteiger partial charge >= 0.3 is 0 Å². The molecule has 1 aromatic rings. The van der Waals surface area contributed by atoms with Crippen molar-refractivity contribution in [3.8, 4) is 0 Å². The van der Waals surface area contributed by atoms with E-state index in [9.17, 15) is 5.11 Å². The predicted molar refractivity (Wildman–Crippen MR) is 100 cm³/mol. The molecule has 1 aromatic carbocycles. The number of aliphatic hydroxyl groups is 1. The number of piperidine rings is 2. The molecule has 3 rings (SSSR count). The smallest absolute Gasteiger partial charge is 0.0919 e. The van der Waals surface area contributed by atoms with Gasteiger partial charge in [0.1, 0.15) is 0 Å². The third-order valence-corrected chi connectivity index (χ3v) is 6.12. The third kappa shape index (κ3) is 4.38. The average Bonchev–Trinajstić information content (AvgIpc) is 2.58. The summed E-state index contributed by atoms with van der Waals surface area (Å²) in [6.45, 7) is 12.2. The van der Waals surface area contributed by atoms with Gasteiger partial charge in [0.2, 0.25) is 0 Å². The van der Waals surface area contributed by atoms with Crippen molar-refractivity contribution >= 4 is 0 Å². The Morgan fingerprint density at radius 2 is 1.71 bits per heavy atom. The van der Waals surface area contributed by atoms with Crippen LogP contribution < -0.4 is 0 Å². The van der Waals surface area contributed by atoms with Crippen molar-refractivity contribution in [2.75, 3.05) is 32.7 Å². The zero-order chi connectivity index (χ0) is 17.1. The first-order chi connectivity index (χ1) is 11.5. The number of likely N-dealkylation sites (tertiary alicyclic amines) is 2. The number of hydrogen-bond acceptors (Lipinski definition) is 3. The summed E-state index contributed by atoms with van der Waals surface area (Å²) < 4.78 is 0. The molecule has 0 bridgehead atoms. The molecule has 0 saturated carbocycles. The van der Waals surface area contributed by atoms with Crippen LogP contribution in [-0.4, -0.2) is 53.7 Å². The largest absolute Gasteiger partial charge is 0.387 e. The van der Waals surface area contributed by atoms with Gasteiger partial charge in [0.25, 0.3) is 0 Å². The minimum Gasteiger partial charge on any atom is -0.387 e. The maximum Gasteiger partial charge on any atom is 0.0919 e. The fourth-order valence-corrected chi connectivity index (χ4v) is 4.32. The summed E-state index contributed by atoms with van der Waals surface area (Å²) in [5.41, 5.74) is 3.53. The van der Waals surface area contributed by atoms with Crippen molar-refractivity contribution in [1.82, 2.24) is 9.80 Å². The second-order valence-corrected chi connectivity index (χ2v) is 8.13. The summed E-state index contributed by atoms with van der Waals surface area (Å²) in [6, 6.07) is 7.15. The Kier molecular flexibility index (Phi) is 5.96. The Labute approximate surface area is 147 Å². The molecule has 2 aliphatic rings. The predicted octanol–water partition coefficient (Wildman–Crippen LogP) is 3.53. The van der Waals surface area contributed by atoms with Crippen LogP contribution in [0.1, 0.15) is 55.4 Å². The van der Waals surface area contributed by atoms with Crippen LogP contribution in [-0.2, 0) is 0 Å². The summed E-state index contributed by atoms with van der Waals surface area (Å²) in [5.74, 6) is 0.911. The van der Waals surface area contributed by atoms with E-state index in [-0.39, 0.29) is 6.10 Å². The lowest BCUT2D eigenvalue weighted by Gasteiger charge is -2.41. The SMILES string of the molecule is Cc1ccc(C)c([C@@H](O)CN2CCC(N3CCC(C)CC3)CC2)c1. The first-order valence-electron chi connectivity index (χ1n) is 9.74. The molecule has 134 valence electrons. The average molecular weight is 331 g/mol. The van der Waals surface area contributed by atoms with Gasteiger partial charge in [-0.15, -0.1) is 0 Å². The molecule has 0 aromatic heterocycles. The van der Waals surface area contributed by atoms with Gasteiger partial charge in [-0.05, 0) is 82.8 Å². The van der Waals surface area contributed by atoms with E-state index in [1.807, 2.05) is 0 Å². The molecule has 0 spiro atoms. The number of hydrogen-bond donors (Lipinski definition) is 1. The summed E-state index contributed by atoms with van der Waals surface area (Å²) >= 11 is 0. The second-order valence-electron chi connectivity index (χ2n) is 8.13. The number of aryl methyl sites for hydroxylation is 2. The number of benzene rings is 1. The van der Waals surface area contributed by atoms with Crippen LogP contribution in [0.25, 0.3) is 0 Å². The molecule has 1 N–H and O–H groups in total. The van der Waals surface area contributed by atoms with Crippen LogP contribution in [0.2, 0.25) is 0 Å². The van der Waals surface area contributed by atoms with E-state index in [4.69, 9.17) is 0 Å². The molecular formula is C21H34N2O. The lowest BCUT2D eigenvalue weighted by atomic mass is 9.94. The quantitative estimate of drug-likeness (QED) is 0.915. The van der Waals surface area contributed by atoms with E-state index >= 15 is 0 Å². The fraction of sp³-hybridized carbons (Fsp3) is 0.714. The van der Waals surface area contributed by atoms with Gasteiger partial charge in [0.15, 0.2) is 0 Å². The van der Waals surface area contributed by atoms with E-state index in [1.54, 1.807) is 0 Å². The highest BCUT2D eigenvalue weighted by Gasteiger charge is 2.28. The number of rotatable bonds is 4. The molecule has 3 heteroatoms. The van der Waals surface area contributed by atoms with Crippen LogP contribution in [0.15, 0.2) is 18.2 Å². The van der Waals surface area contributed by atoms with Crippen LogP contribution in [0, 0.1) is 19.8 Å². The lowest BCUT2D eigenvalue weighted by Crippen LogP contribution is -2.48. The van der Waals surface area contributed by atoms with Gasteiger partial charge in [0.05, 0.1) is 6.10 Å². The molecule has 0 aliphatic carbocycles. The number of nitrogens with zero attached hydrogens (tertiary/aromatic N) is 2. The Balaban J connectivity index is 1.49. The van der Waals surface area contributed by atoms with Crippen molar-refractivity contribution in [1.29, 1.82) is 0 Å². The van der Waals surface area contributed by atoms with Crippen molar-refractivity contribution in [3.05, 3.63) is 34.9 Å². The number of aliphatic hydroxyl groups excluding tert-OH is 1. The molecule has 0 amide bonds. The van der Waals surface area contributed by atoms with E-state index in [1.165, 1.54) is 49.9 Å². The van der Waals surface area contributed by atoms with Crippen molar-refractivity contribution in [2.45, 2.75) is 58.6 Å². The third-order valence-electron chi connectivity index (χ3n) is 6.12. The van der Waals surface area contributed by atoms with Gasteiger partial charge in [-0.25, -0.2) is 0 Å². The van der Waals surface area contributed by atoms with Crippen molar-refractivity contribution in [3.63, 3.8) is 0 Å². The number of β-amino-alcohol motifs (C(OH)–C–C–N with tert-alkyl or cyclic N) is 1. The molecule has 2 saturated heterocycles. The Hall–Kier alpha value is -0.900. The van der Waals surface area contributed by atoms with Gasteiger partial charge in [0, 0.05) is 12.6 Å². The van der Waals surface area contributed by atoms with Crippen molar-refractivity contribution in [2.24, 2.45) is 5.92 Å². The Morgan fingerprint density at radius 3 is 2.38 bits per heavy atom. The zero-order valence-electron chi connectivity index (χ0n) is 15.7. The van der Waals surface area contributed by atoms with E-state index in [0.29, 0.717) is 0 Å². The van der Waals surface area contributed by atoms with Crippen LogP contribution in [0.4, 0.5) is 0 Å². The molecule has 2 heterocycles. The van der Waals surface area contributed by atoms with Gasteiger partial charge in [-0.3, -0.25) is 0 Å². The first-order valence-corrected chi connectivity index (χ1v) is 9.74. The molecule has 2 fully saturated rings. The van der Waals surface area contributed by atoms with Gasteiger partial charge in [-0.1, -0.05) is 30.7 Å². The molecular weight excluding hydrogens is 296 g/mol. The molecule has 3 nitrogen and oxygen atoms in total. The highest BCUT2D eigenvalue weighted by molar-refractivity contribution is 5.32. The van der Waals surface area contributed by atoms with Crippen LogP contribution >= 0.6 is 0 Å². The zero-order valence-corrected chi connectivity index (χ0v) is 15.7. The topological polar surface area (TPSA) is 26.7 Å². The molecule has 0 radical (unpaired) electrons. The Bertz CT molecular complexity index is 529. The van der Waals surface area contributed by atoms with E-state index < -0.39 is 0 Å². The fourth-order valence-electron chi connectivity index (χ4n) is 4.32. The van der Waals surface area contributed by atoms with E-state index in [2.05, 4.69) is 48.8 Å². The molecule has 1 atom stereocenters. The summed E-state index contributed by atoms with van der Waals surface area (Å²) in [5, 5.41) is 10.7. The van der Waals surface area contributed by atoms with Crippen LogP contribution in [0.5, 0.6) is 0 Å². The maximum atomic E-state index is 10.7. The van der Waals surface area contributed by atoms with Gasteiger partial charge in [-0.2, -0.15) is 0 Å². The Morgan fingerprint density at radius 1 is 1.04 bits per heavy atom. The molecule has 0 unspecified atom stereocenters. The highest BCUT2D eigenvalue weighted by atomic mass is 16.3. The van der Waals surface area contributed by atoms with Gasteiger partial charge < -0.3 is 14.9 Å². The normalized spacial score (nSPS) is 23.5. The summed E-state index contributed by atoms with van der Waals surface area (Å²) in [7, 11) is 0.